The van der Waals surface area contributed by atoms with Gasteiger partial charge in [-0.2, -0.15) is 0 Å². The van der Waals surface area contributed by atoms with Crippen LogP contribution in [0.15, 0.2) is 12.4 Å². The van der Waals surface area contributed by atoms with E-state index >= 15 is 0 Å². The summed E-state index contributed by atoms with van der Waals surface area (Å²) in [6.45, 7) is 4.57. The lowest BCUT2D eigenvalue weighted by Crippen LogP contribution is -2.51. The van der Waals surface area contributed by atoms with Gasteiger partial charge in [0.1, 0.15) is 5.69 Å². The molecule has 1 aliphatic heterocycles. The maximum atomic E-state index is 12.4. The standard InChI is InChI=1S/C13H20N4O/c1-9-7-16-11(8-15-9)13(18)17-6-4-3-5-12(17)10(2)14/h7-8,10,12H,3-6,14H2,1-2H3. The third-order valence-electron chi connectivity index (χ3n) is 3.42. The number of amides is 1. The van der Waals surface area contributed by atoms with Gasteiger partial charge in [-0.3, -0.25) is 9.78 Å². The highest BCUT2D eigenvalue weighted by Crippen LogP contribution is 2.20. The van der Waals surface area contributed by atoms with Crippen molar-refractivity contribution in [1.82, 2.24) is 14.9 Å². The first-order valence-corrected chi connectivity index (χ1v) is 6.45. The second-order valence-electron chi connectivity index (χ2n) is 4.96. The van der Waals surface area contributed by atoms with Crippen molar-refractivity contribution in [2.45, 2.75) is 45.2 Å². The van der Waals surface area contributed by atoms with Gasteiger partial charge in [0.15, 0.2) is 0 Å². The van der Waals surface area contributed by atoms with E-state index in [1.807, 2.05) is 18.7 Å². The number of hydrogen-bond acceptors (Lipinski definition) is 4. The van der Waals surface area contributed by atoms with Gasteiger partial charge in [0.25, 0.3) is 5.91 Å². The minimum atomic E-state index is -0.0514. The van der Waals surface area contributed by atoms with Crippen molar-refractivity contribution in [2.24, 2.45) is 5.73 Å². The normalized spacial score (nSPS) is 21.7. The molecule has 5 nitrogen and oxygen atoms in total. The van der Waals surface area contributed by atoms with E-state index in [2.05, 4.69) is 9.97 Å². The van der Waals surface area contributed by atoms with Crippen LogP contribution in [0.1, 0.15) is 42.4 Å². The Kier molecular flexibility index (Phi) is 3.91. The van der Waals surface area contributed by atoms with E-state index in [-0.39, 0.29) is 18.0 Å². The molecule has 18 heavy (non-hydrogen) atoms. The van der Waals surface area contributed by atoms with E-state index in [0.717, 1.165) is 31.5 Å². The van der Waals surface area contributed by atoms with Crippen LogP contribution in [-0.2, 0) is 0 Å². The van der Waals surface area contributed by atoms with Gasteiger partial charge < -0.3 is 10.6 Å². The van der Waals surface area contributed by atoms with Gasteiger partial charge in [0.05, 0.1) is 11.9 Å². The Morgan fingerprint density at radius 3 is 2.83 bits per heavy atom. The zero-order chi connectivity index (χ0) is 13.1. The van der Waals surface area contributed by atoms with Gasteiger partial charge in [0.2, 0.25) is 0 Å². The van der Waals surface area contributed by atoms with Gasteiger partial charge in [-0.15, -0.1) is 0 Å². The molecule has 0 spiro atoms. The SMILES string of the molecule is Cc1cnc(C(=O)N2CCCCC2C(C)N)cn1. The summed E-state index contributed by atoms with van der Waals surface area (Å²) in [6, 6.07) is 0.113. The van der Waals surface area contributed by atoms with Crippen molar-refractivity contribution >= 4 is 5.91 Å². The van der Waals surface area contributed by atoms with Crippen molar-refractivity contribution < 1.29 is 4.79 Å². The Morgan fingerprint density at radius 1 is 1.44 bits per heavy atom. The molecule has 1 aliphatic rings. The topological polar surface area (TPSA) is 72.1 Å². The molecule has 1 aromatic rings. The maximum absolute atomic E-state index is 12.4. The summed E-state index contributed by atoms with van der Waals surface area (Å²) in [5.74, 6) is -0.0514. The van der Waals surface area contributed by atoms with Crippen molar-refractivity contribution in [3.05, 3.63) is 23.8 Å². The molecule has 98 valence electrons. The van der Waals surface area contributed by atoms with Crippen LogP contribution in [0.25, 0.3) is 0 Å². The predicted octanol–water partition coefficient (Wildman–Crippen LogP) is 1.13. The van der Waals surface area contributed by atoms with Crippen LogP contribution in [0.4, 0.5) is 0 Å². The Bertz CT molecular complexity index is 416. The fourth-order valence-electron chi connectivity index (χ4n) is 2.41. The first kappa shape index (κ1) is 13.0. The summed E-state index contributed by atoms with van der Waals surface area (Å²) >= 11 is 0. The molecular weight excluding hydrogens is 228 g/mol. The van der Waals surface area contributed by atoms with Gasteiger partial charge in [-0.25, -0.2) is 4.98 Å². The molecule has 2 rings (SSSR count). The zero-order valence-corrected chi connectivity index (χ0v) is 11.0. The molecule has 5 heteroatoms. The zero-order valence-electron chi connectivity index (χ0n) is 11.0. The summed E-state index contributed by atoms with van der Waals surface area (Å²) in [4.78, 5) is 22.5. The Hall–Kier alpha value is -1.49. The largest absolute Gasteiger partial charge is 0.333 e. The lowest BCUT2D eigenvalue weighted by Gasteiger charge is -2.37. The third-order valence-corrected chi connectivity index (χ3v) is 3.42. The molecule has 0 saturated carbocycles. The van der Waals surface area contributed by atoms with Crippen LogP contribution >= 0.6 is 0 Å². The molecule has 2 unspecified atom stereocenters. The number of carbonyl (C=O) groups is 1. The quantitative estimate of drug-likeness (QED) is 0.851. The van der Waals surface area contributed by atoms with Crippen molar-refractivity contribution in [3.8, 4) is 0 Å². The number of hydrogen-bond donors (Lipinski definition) is 1. The fourth-order valence-corrected chi connectivity index (χ4v) is 2.41. The number of aromatic nitrogens is 2. The number of piperidine rings is 1. The Labute approximate surface area is 107 Å². The number of rotatable bonds is 2. The summed E-state index contributed by atoms with van der Waals surface area (Å²) in [6.07, 6.45) is 6.31. The average Bonchev–Trinajstić information content (AvgIpc) is 2.39. The van der Waals surface area contributed by atoms with Gasteiger partial charge in [-0.05, 0) is 33.1 Å². The van der Waals surface area contributed by atoms with Crippen molar-refractivity contribution in [3.63, 3.8) is 0 Å². The monoisotopic (exact) mass is 248 g/mol. The molecule has 0 aliphatic carbocycles. The molecule has 0 aromatic carbocycles. The van der Waals surface area contributed by atoms with Crippen LogP contribution in [0.3, 0.4) is 0 Å². The van der Waals surface area contributed by atoms with E-state index < -0.39 is 0 Å². The molecular formula is C13H20N4O. The average molecular weight is 248 g/mol. The molecule has 1 fully saturated rings. The van der Waals surface area contributed by atoms with Crippen LogP contribution in [0.2, 0.25) is 0 Å². The lowest BCUT2D eigenvalue weighted by atomic mass is 9.96. The number of nitrogens with zero attached hydrogens (tertiary/aromatic N) is 3. The van der Waals surface area contributed by atoms with Crippen molar-refractivity contribution in [1.29, 1.82) is 0 Å². The maximum Gasteiger partial charge on any atom is 0.274 e. The van der Waals surface area contributed by atoms with E-state index in [4.69, 9.17) is 5.73 Å². The van der Waals surface area contributed by atoms with Crippen LogP contribution < -0.4 is 5.73 Å². The van der Waals surface area contributed by atoms with Crippen LogP contribution in [-0.4, -0.2) is 39.4 Å². The van der Waals surface area contributed by atoms with Crippen LogP contribution in [0.5, 0.6) is 0 Å². The van der Waals surface area contributed by atoms with E-state index in [0.29, 0.717) is 5.69 Å². The molecule has 0 radical (unpaired) electrons. The van der Waals surface area contributed by atoms with Gasteiger partial charge in [-0.1, -0.05) is 0 Å². The first-order valence-electron chi connectivity index (χ1n) is 6.45. The van der Waals surface area contributed by atoms with E-state index in [9.17, 15) is 4.79 Å². The van der Waals surface area contributed by atoms with Crippen molar-refractivity contribution in [2.75, 3.05) is 6.54 Å². The van der Waals surface area contributed by atoms with E-state index in [1.165, 1.54) is 0 Å². The third kappa shape index (κ3) is 2.67. The summed E-state index contributed by atoms with van der Waals surface area (Å²) in [5.41, 5.74) is 7.19. The summed E-state index contributed by atoms with van der Waals surface area (Å²) in [7, 11) is 0. The molecule has 2 heterocycles. The Balaban J connectivity index is 2.18. The van der Waals surface area contributed by atoms with Gasteiger partial charge in [0, 0.05) is 24.8 Å². The summed E-state index contributed by atoms with van der Waals surface area (Å²) in [5, 5.41) is 0. The second kappa shape index (κ2) is 5.44. The lowest BCUT2D eigenvalue weighted by molar-refractivity contribution is 0.0577. The number of likely N-dealkylation sites (tertiary alicyclic amines) is 1. The first-order chi connectivity index (χ1) is 8.59. The minimum Gasteiger partial charge on any atom is -0.333 e. The van der Waals surface area contributed by atoms with Crippen LogP contribution in [0, 0.1) is 6.92 Å². The van der Waals surface area contributed by atoms with E-state index in [1.54, 1.807) is 12.4 Å². The highest BCUT2D eigenvalue weighted by molar-refractivity contribution is 5.92. The number of nitrogens with two attached hydrogens (primary N) is 1. The predicted molar refractivity (Wildman–Crippen MR) is 69.1 cm³/mol. The second-order valence-corrected chi connectivity index (χ2v) is 4.96. The minimum absolute atomic E-state index is 0.00680. The molecule has 1 amide bonds. The fraction of sp³-hybridized carbons (Fsp3) is 0.615. The molecule has 1 saturated heterocycles. The number of carbonyl (C=O) groups excluding carboxylic acids is 1. The molecule has 1 aromatic heterocycles. The summed E-state index contributed by atoms with van der Waals surface area (Å²) < 4.78 is 0. The molecule has 0 bridgehead atoms. The smallest absolute Gasteiger partial charge is 0.274 e. The highest BCUT2D eigenvalue weighted by atomic mass is 16.2. The highest BCUT2D eigenvalue weighted by Gasteiger charge is 2.30. The van der Waals surface area contributed by atoms with Gasteiger partial charge >= 0.3 is 0 Å². The molecule has 2 N–H and O–H groups in total. The number of aryl methyl sites for hydroxylation is 1. The molecule has 2 atom stereocenters. The Morgan fingerprint density at radius 2 is 2.22 bits per heavy atom.